The fourth-order valence-corrected chi connectivity index (χ4v) is 6.58. The van der Waals surface area contributed by atoms with E-state index in [2.05, 4.69) is 10.6 Å². The highest BCUT2D eigenvalue weighted by molar-refractivity contribution is 5.95. The molecule has 3 amide bonds. The summed E-state index contributed by atoms with van der Waals surface area (Å²) < 4.78 is 43.9. The number of nitrogens with one attached hydrogen (secondary N) is 2. The minimum atomic E-state index is -4.51. The Hall–Kier alpha value is -4.34. The van der Waals surface area contributed by atoms with Crippen LogP contribution in [0.3, 0.4) is 0 Å². The van der Waals surface area contributed by atoms with E-state index in [0.717, 1.165) is 17.7 Å². The minimum Gasteiger partial charge on any atom is -0.468 e. The number of carbonyl (C=O) groups is 5. The topological polar surface area (TPSA) is 200 Å². The zero-order chi connectivity index (χ0) is 40.1. The number of unbranched alkanes of at least 4 members (excludes halogenated alkanes) is 1. The van der Waals surface area contributed by atoms with Crippen LogP contribution in [-0.4, -0.2) is 84.8 Å². The number of piperidine rings is 1. The first-order valence-corrected chi connectivity index (χ1v) is 18.4. The Balaban J connectivity index is 1.77. The number of carbonyl (C=O) groups excluding carboxylic acids is 5. The third kappa shape index (κ3) is 13.2. The quantitative estimate of drug-likeness (QED) is 0.106. The smallest absolute Gasteiger partial charge is 0.416 e. The molecule has 8 N–H and O–H groups in total. The van der Waals surface area contributed by atoms with Gasteiger partial charge in [0.25, 0.3) is 0 Å². The number of benzene rings is 2. The Bertz CT molecular complexity index is 1550. The van der Waals surface area contributed by atoms with Gasteiger partial charge in [0.05, 0.1) is 24.8 Å². The van der Waals surface area contributed by atoms with Gasteiger partial charge in [0.2, 0.25) is 17.7 Å². The van der Waals surface area contributed by atoms with Crippen molar-refractivity contribution in [1.29, 1.82) is 0 Å². The molecule has 0 unspecified atom stereocenters. The van der Waals surface area contributed by atoms with Crippen molar-refractivity contribution in [2.24, 2.45) is 29.0 Å². The number of nitrogens with two attached hydrogens (primary N) is 3. The Morgan fingerprint density at radius 3 is 2.02 bits per heavy atom. The highest BCUT2D eigenvalue weighted by Crippen LogP contribution is 2.29. The van der Waals surface area contributed by atoms with E-state index in [9.17, 15) is 37.1 Å². The standard InChI is InChI=1S/C39H55F3N6O6/c1-25(2)21-28(34(50)46-31(11-7-8-18-43)36(52)48-19-16-38(45,17-20-48)37(53)54-3)24-33(49)32(23-26-9-5-4-6-10-26)47-35(51)30(44)22-27-12-14-29(15-13-27)39(40,41)42/h4-6,9-10,12-15,25,28,30-32H,7-8,11,16-24,43-45H2,1-3H3,(H,46,50)(H,47,51)/t28-,30+,31+,32+/m0/s1. The molecular formula is C39H55F3N6O6. The molecule has 0 aliphatic carbocycles. The lowest BCUT2D eigenvalue weighted by Gasteiger charge is -2.38. The molecule has 2 aromatic carbocycles. The number of halogens is 3. The van der Waals surface area contributed by atoms with E-state index in [-0.39, 0.29) is 57.0 Å². The van der Waals surface area contributed by atoms with Gasteiger partial charge in [0.1, 0.15) is 11.6 Å². The van der Waals surface area contributed by atoms with Crippen molar-refractivity contribution in [3.05, 3.63) is 71.3 Å². The van der Waals surface area contributed by atoms with Crippen LogP contribution in [0.1, 0.15) is 75.5 Å². The van der Waals surface area contributed by atoms with E-state index >= 15 is 0 Å². The van der Waals surface area contributed by atoms with Crippen LogP contribution in [0.2, 0.25) is 0 Å². The van der Waals surface area contributed by atoms with E-state index in [0.29, 0.717) is 37.8 Å². The number of alkyl halides is 3. The molecule has 12 nitrogen and oxygen atoms in total. The van der Waals surface area contributed by atoms with Crippen molar-refractivity contribution < 1.29 is 41.9 Å². The maximum absolute atomic E-state index is 14.0. The molecule has 0 radical (unpaired) electrons. The molecule has 1 fully saturated rings. The molecule has 15 heteroatoms. The zero-order valence-corrected chi connectivity index (χ0v) is 31.3. The second kappa shape index (κ2) is 20.4. The van der Waals surface area contributed by atoms with Crippen LogP contribution in [0, 0.1) is 11.8 Å². The van der Waals surface area contributed by atoms with Gasteiger partial charge in [-0.15, -0.1) is 0 Å². The van der Waals surface area contributed by atoms with Crippen LogP contribution in [0.5, 0.6) is 0 Å². The fraction of sp³-hybridized carbons (Fsp3) is 0.564. The van der Waals surface area contributed by atoms with Crippen molar-refractivity contribution in [3.8, 4) is 0 Å². The van der Waals surface area contributed by atoms with E-state index in [4.69, 9.17) is 21.9 Å². The number of hydrogen-bond donors (Lipinski definition) is 5. The second-order valence-electron chi connectivity index (χ2n) is 14.6. The molecule has 54 heavy (non-hydrogen) atoms. The molecule has 1 aliphatic heterocycles. The number of ether oxygens (including phenoxy) is 1. The molecule has 0 bridgehead atoms. The minimum absolute atomic E-state index is 0.00245. The van der Waals surface area contributed by atoms with Gasteiger partial charge < -0.3 is 37.5 Å². The number of Topliss-reactive ketones (excluding diaryl/α,β-unsaturated/α-hetero) is 1. The van der Waals surface area contributed by atoms with Gasteiger partial charge >= 0.3 is 12.1 Å². The molecule has 1 heterocycles. The molecule has 4 atom stereocenters. The number of methoxy groups -OCH3 is 1. The van der Waals surface area contributed by atoms with Crippen LogP contribution in [0.25, 0.3) is 0 Å². The van der Waals surface area contributed by atoms with Crippen molar-refractivity contribution >= 4 is 29.5 Å². The molecule has 0 aromatic heterocycles. The maximum Gasteiger partial charge on any atom is 0.416 e. The number of nitrogens with zero attached hydrogens (tertiary/aromatic N) is 1. The van der Waals surface area contributed by atoms with E-state index < -0.39 is 64.9 Å². The molecule has 1 saturated heterocycles. The summed E-state index contributed by atoms with van der Waals surface area (Å²) in [6.07, 6.45) is -2.49. The first-order valence-electron chi connectivity index (χ1n) is 18.4. The van der Waals surface area contributed by atoms with Gasteiger partial charge in [-0.2, -0.15) is 13.2 Å². The normalized spacial score (nSPS) is 16.5. The van der Waals surface area contributed by atoms with Crippen molar-refractivity contribution in [2.45, 2.75) is 101 Å². The molecule has 0 spiro atoms. The van der Waals surface area contributed by atoms with E-state index in [1.807, 2.05) is 19.9 Å². The summed E-state index contributed by atoms with van der Waals surface area (Å²) in [4.78, 5) is 68.9. The number of esters is 1. The number of rotatable bonds is 19. The summed E-state index contributed by atoms with van der Waals surface area (Å²) >= 11 is 0. The summed E-state index contributed by atoms with van der Waals surface area (Å²) in [6, 6.07) is 10.2. The zero-order valence-electron chi connectivity index (χ0n) is 31.3. The van der Waals surface area contributed by atoms with Crippen molar-refractivity contribution in [2.75, 3.05) is 26.7 Å². The second-order valence-corrected chi connectivity index (χ2v) is 14.6. The van der Waals surface area contributed by atoms with E-state index in [1.54, 1.807) is 29.2 Å². The summed E-state index contributed by atoms with van der Waals surface area (Å²) in [5.74, 6) is -3.28. The highest BCUT2D eigenvalue weighted by atomic mass is 19.4. The largest absolute Gasteiger partial charge is 0.468 e. The first kappa shape index (κ1) is 44.1. The SMILES string of the molecule is COC(=O)C1(N)CCN(C(=O)[C@@H](CCCCN)NC(=O)[C@H](CC(=O)[C@@H](Cc2ccccc2)NC(=O)[C@H](N)Cc2ccc(C(F)(F)F)cc2)CC(C)C)CC1. The van der Waals surface area contributed by atoms with E-state index in [1.165, 1.54) is 19.2 Å². The number of likely N-dealkylation sites (tertiary alicyclic amines) is 1. The molecule has 2 aromatic rings. The lowest BCUT2D eigenvalue weighted by molar-refractivity contribution is -0.151. The summed E-state index contributed by atoms with van der Waals surface area (Å²) in [6.45, 7) is 4.62. The van der Waals surface area contributed by atoms with Crippen LogP contribution in [-0.2, 0) is 47.7 Å². The third-order valence-corrected chi connectivity index (χ3v) is 9.76. The van der Waals surface area contributed by atoms with Gasteiger partial charge in [-0.25, -0.2) is 0 Å². The lowest BCUT2D eigenvalue weighted by atomic mass is 9.87. The Morgan fingerprint density at radius 1 is 0.870 bits per heavy atom. The predicted molar refractivity (Wildman–Crippen MR) is 197 cm³/mol. The Labute approximate surface area is 315 Å². The van der Waals surface area contributed by atoms with Crippen LogP contribution in [0.4, 0.5) is 13.2 Å². The molecule has 1 aliphatic rings. The van der Waals surface area contributed by atoms with Gasteiger partial charge in [-0.05, 0) is 87.1 Å². The molecule has 0 saturated carbocycles. The predicted octanol–water partition coefficient (Wildman–Crippen LogP) is 3.03. The third-order valence-electron chi connectivity index (χ3n) is 9.76. The molecule has 3 rings (SSSR count). The number of hydrogen-bond acceptors (Lipinski definition) is 9. The Kier molecular flexibility index (Phi) is 16.6. The van der Waals surface area contributed by atoms with Gasteiger partial charge in [0, 0.05) is 25.4 Å². The maximum atomic E-state index is 14.0. The van der Waals surface area contributed by atoms with Gasteiger partial charge in [0.15, 0.2) is 5.78 Å². The van der Waals surface area contributed by atoms with Crippen molar-refractivity contribution in [1.82, 2.24) is 15.5 Å². The summed E-state index contributed by atoms with van der Waals surface area (Å²) in [5, 5.41) is 5.64. The van der Waals surface area contributed by atoms with Crippen LogP contribution in [0.15, 0.2) is 54.6 Å². The van der Waals surface area contributed by atoms with Crippen molar-refractivity contribution in [3.63, 3.8) is 0 Å². The highest BCUT2D eigenvalue weighted by Gasteiger charge is 2.41. The van der Waals surface area contributed by atoms with Gasteiger partial charge in [-0.3, -0.25) is 24.0 Å². The Morgan fingerprint density at radius 2 is 1.46 bits per heavy atom. The number of amides is 3. The molecule has 298 valence electrons. The average molecular weight is 761 g/mol. The summed E-state index contributed by atoms with van der Waals surface area (Å²) in [7, 11) is 1.26. The van der Waals surface area contributed by atoms with Crippen LogP contribution >= 0.6 is 0 Å². The molecular weight excluding hydrogens is 705 g/mol. The van der Waals surface area contributed by atoms with Crippen LogP contribution < -0.4 is 27.8 Å². The number of ketones is 1. The fourth-order valence-electron chi connectivity index (χ4n) is 6.58. The average Bonchev–Trinajstić information content (AvgIpc) is 3.13. The first-order chi connectivity index (χ1) is 25.5. The lowest BCUT2D eigenvalue weighted by Crippen LogP contribution is -2.59. The van der Waals surface area contributed by atoms with Gasteiger partial charge in [-0.1, -0.05) is 56.3 Å². The summed E-state index contributed by atoms with van der Waals surface area (Å²) in [5.41, 5.74) is 17.3. The monoisotopic (exact) mass is 760 g/mol.